The van der Waals surface area contributed by atoms with Crippen LogP contribution in [0.4, 0.5) is 0 Å². The Labute approximate surface area is 148 Å². The molecule has 0 radical (unpaired) electrons. The molecular formula is C17H26N4O3S. The van der Waals surface area contributed by atoms with Crippen molar-refractivity contribution in [1.29, 1.82) is 0 Å². The molecule has 0 bridgehead atoms. The molecule has 1 heterocycles. The first kappa shape index (κ1) is 19.4. The second-order valence-electron chi connectivity index (χ2n) is 7.00. The zero-order chi connectivity index (χ0) is 18.8. The number of fused-ring (bicyclic) bond motifs is 1. The van der Waals surface area contributed by atoms with Crippen LogP contribution in [0, 0.1) is 5.92 Å². The molecule has 0 aliphatic heterocycles. The van der Waals surface area contributed by atoms with Crippen LogP contribution < -0.4 is 11.1 Å². The maximum atomic E-state index is 12.6. The highest BCUT2D eigenvalue weighted by molar-refractivity contribution is 7.89. The van der Waals surface area contributed by atoms with Gasteiger partial charge in [0.15, 0.2) is 9.84 Å². The van der Waals surface area contributed by atoms with Gasteiger partial charge in [0.1, 0.15) is 18.1 Å². The zero-order valence-corrected chi connectivity index (χ0v) is 15.9. The van der Waals surface area contributed by atoms with Gasteiger partial charge in [-0.2, -0.15) is 0 Å². The molecule has 7 nitrogen and oxygen atoms in total. The quantitative estimate of drug-likeness (QED) is 0.762. The number of aromatic nitrogens is 2. The summed E-state index contributed by atoms with van der Waals surface area (Å²) in [5.41, 5.74) is 6.69. The van der Waals surface area contributed by atoms with E-state index < -0.39 is 15.4 Å². The molecule has 2 aromatic rings. The SMILES string of the molecule is CC(C)C(C)(CN)NC(=O)Cn1c(CS(C)(=O)=O)nc2ccccc21. The zero-order valence-electron chi connectivity index (χ0n) is 15.1. The summed E-state index contributed by atoms with van der Waals surface area (Å²) >= 11 is 0. The third-order valence-corrected chi connectivity index (χ3v) is 5.33. The lowest BCUT2D eigenvalue weighted by Gasteiger charge is -2.33. The van der Waals surface area contributed by atoms with Gasteiger partial charge in [-0.25, -0.2) is 13.4 Å². The van der Waals surface area contributed by atoms with Gasteiger partial charge >= 0.3 is 0 Å². The third-order valence-electron chi connectivity index (χ3n) is 4.55. The smallest absolute Gasteiger partial charge is 0.240 e. The number of imidazole rings is 1. The minimum absolute atomic E-state index is 0.00627. The Morgan fingerprint density at radius 3 is 2.56 bits per heavy atom. The highest BCUT2D eigenvalue weighted by Crippen LogP contribution is 2.19. The van der Waals surface area contributed by atoms with Crippen molar-refractivity contribution in [2.24, 2.45) is 11.7 Å². The summed E-state index contributed by atoms with van der Waals surface area (Å²) in [4.78, 5) is 17.0. The molecule has 0 aliphatic rings. The number of nitrogens with zero attached hydrogens (tertiary/aromatic N) is 2. The number of para-hydroxylation sites is 2. The molecule has 1 aromatic carbocycles. The Morgan fingerprint density at radius 1 is 1.36 bits per heavy atom. The molecule has 138 valence electrons. The molecule has 0 fully saturated rings. The van der Waals surface area contributed by atoms with Crippen molar-refractivity contribution in [3.05, 3.63) is 30.1 Å². The van der Waals surface area contributed by atoms with Gasteiger partial charge in [0, 0.05) is 12.8 Å². The van der Waals surface area contributed by atoms with Crippen LogP contribution in [0.1, 0.15) is 26.6 Å². The number of nitrogens with one attached hydrogen (secondary N) is 1. The molecule has 2 rings (SSSR count). The number of carbonyl (C=O) groups is 1. The van der Waals surface area contributed by atoms with E-state index in [1.165, 1.54) is 0 Å². The van der Waals surface area contributed by atoms with E-state index in [2.05, 4.69) is 10.3 Å². The monoisotopic (exact) mass is 366 g/mol. The predicted molar refractivity (Wildman–Crippen MR) is 98.7 cm³/mol. The van der Waals surface area contributed by atoms with Crippen LogP contribution in [0.25, 0.3) is 11.0 Å². The normalized spacial score (nSPS) is 14.6. The molecule has 8 heteroatoms. The van der Waals surface area contributed by atoms with Crippen molar-refractivity contribution in [3.8, 4) is 0 Å². The van der Waals surface area contributed by atoms with Crippen molar-refractivity contribution >= 4 is 26.8 Å². The van der Waals surface area contributed by atoms with Crippen LogP contribution >= 0.6 is 0 Å². The summed E-state index contributed by atoms with van der Waals surface area (Å²) < 4.78 is 25.1. The summed E-state index contributed by atoms with van der Waals surface area (Å²) in [6, 6.07) is 7.29. The fourth-order valence-electron chi connectivity index (χ4n) is 2.58. The Balaban J connectivity index is 2.36. The number of benzene rings is 1. The Hall–Kier alpha value is -1.93. The minimum Gasteiger partial charge on any atom is -0.348 e. The molecule has 3 N–H and O–H groups in total. The lowest BCUT2D eigenvalue weighted by atomic mass is 9.88. The fraction of sp³-hybridized carbons (Fsp3) is 0.529. The highest BCUT2D eigenvalue weighted by atomic mass is 32.2. The minimum atomic E-state index is -3.27. The average molecular weight is 366 g/mol. The van der Waals surface area contributed by atoms with Gasteiger partial charge < -0.3 is 15.6 Å². The summed E-state index contributed by atoms with van der Waals surface area (Å²) in [6.07, 6.45) is 1.15. The topological polar surface area (TPSA) is 107 Å². The number of carbonyl (C=O) groups excluding carboxylic acids is 1. The number of amides is 1. The molecule has 1 atom stereocenters. The predicted octanol–water partition coefficient (Wildman–Crippen LogP) is 1.07. The second kappa shape index (κ2) is 7.13. The van der Waals surface area contributed by atoms with Gasteiger partial charge in [-0.05, 0) is 25.0 Å². The first-order valence-electron chi connectivity index (χ1n) is 8.18. The molecule has 1 amide bonds. The number of rotatable bonds is 7. The first-order chi connectivity index (χ1) is 11.6. The number of nitrogens with two attached hydrogens (primary N) is 1. The number of sulfone groups is 1. The van der Waals surface area contributed by atoms with E-state index in [9.17, 15) is 13.2 Å². The van der Waals surface area contributed by atoms with Crippen LogP contribution in [-0.2, 0) is 26.9 Å². The second-order valence-corrected chi connectivity index (χ2v) is 9.14. The van der Waals surface area contributed by atoms with Crippen LogP contribution in [0.5, 0.6) is 0 Å². The molecule has 0 saturated heterocycles. The van der Waals surface area contributed by atoms with Crippen LogP contribution in [0.2, 0.25) is 0 Å². The molecule has 1 unspecified atom stereocenters. The fourth-order valence-corrected chi connectivity index (χ4v) is 3.27. The maximum absolute atomic E-state index is 12.6. The third kappa shape index (κ3) is 4.58. The van der Waals surface area contributed by atoms with E-state index in [0.29, 0.717) is 17.9 Å². The van der Waals surface area contributed by atoms with Crippen molar-refractivity contribution in [3.63, 3.8) is 0 Å². The highest BCUT2D eigenvalue weighted by Gasteiger charge is 2.29. The van der Waals surface area contributed by atoms with E-state index in [1.807, 2.05) is 39.0 Å². The lowest BCUT2D eigenvalue weighted by molar-refractivity contribution is -0.123. The van der Waals surface area contributed by atoms with Crippen molar-refractivity contribution < 1.29 is 13.2 Å². The molecule has 1 aromatic heterocycles. The summed E-state index contributed by atoms with van der Waals surface area (Å²) in [7, 11) is -3.27. The maximum Gasteiger partial charge on any atom is 0.240 e. The average Bonchev–Trinajstić information content (AvgIpc) is 2.82. The van der Waals surface area contributed by atoms with Gasteiger partial charge in [0.25, 0.3) is 0 Å². The summed E-state index contributed by atoms with van der Waals surface area (Å²) in [6.45, 7) is 6.20. The van der Waals surface area contributed by atoms with E-state index in [1.54, 1.807) is 10.6 Å². The first-order valence-corrected chi connectivity index (χ1v) is 10.2. The number of hydrogen-bond acceptors (Lipinski definition) is 5. The van der Waals surface area contributed by atoms with Crippen LogP contribution in [0.3, 0.4) is 0 Å². The lowest BCUT2D eigenvalue weighted by Crippen LogP contribution is -2.55. The molecule has 0 aliphatic carbocycles. The standard InChI is InChI=1S/C17H26N4O3S/c1-12(2)17(3,11-18)20-16(22)9-21-14-8-6-5-7-13(14)19-15(21)10-25(4,23)24/h5-8,12H,9-11,18H2,1-4H3,(H,20,22). The summed E-state index contributed by atoms with van der Waals surface area (Å²) in [5.74, 6) is 0.0849. The van der Waals surface area contributed by atoms with E-state index in [0.717, 1.165) is 11.8 Å². The van der Waals surface area contributed by atoms with Gasteiger partial charge in [0.05, 0.1) is 16.6 Å². The van der Waals surface area contributed by atoms with E-state index in [4.69, 9.17) is 5.73 Å². The molecule has 0 spiro atoms. The van der Waals surface area contributed by atoms with Gasteiger partial charge in [0.2, 0.25) is 5.91 Å². The molecular weight excluding hydrogens is 340 g/mol. The molecule has 25 heavy (non-hydrogen) atoms. The van der Waals surface area contributed by atoms with Crippen LogP contribution in [0.15, 0.2) is 24.3 Å². The van der Waals surface area contributed by atoms with Crippen LogP contribution in [-0.4, -0.2) is 42.2 Å². The largest absolute Gasteiger partial charge is 0.348 e. The Morgan fingerprint density at radius 2 is 2.00 bits per heavy atom. The van der Waals surface area contributed by atoms with Crippen molar-refractivity contribution in [1.82, 2.24) is 14.9 Å². The summed E-state index contributed by atoms with van der Waals surface area (Å²) in [5, 5.41) is 2.97. The van der Waals surface area contributed by atoms with Crippen molar-refractivity contribution in [2.45, 2.75) is 38.6 Å². The Bertz CT molecular complexity index is 873. The van der Waals surface area contributed by atoms with Gasteiger partial charge in [-0.1, -0.05) is 26.0 Å². The van der Waals surface area contributed by atoms with Gasteiger partial charge in [-0.3, -0.25) is 4.79 Å². The van der Waals surface area contributed by atoms with Gasteiger partial charge in [-0.15, -0.1) is 0 Å². The van der Waals surface area contributed by atoms with E-state index >= 15 is 0 Å². The van der Waals surface area contributed by atoms with Crippen molar-refractivity contribution in [2.75, 3.05) is 12.8 Å². The Kier molecular flexibility index (Phi) is 5.53. The van der Waals surface area contributed by atoms with E-state index in [-0.39, 0.29) is 24.1 Å². The number of hydrogen-bond donors (Lipinski definition) is 2. The molecule has 0 saturated carbocycles.